The fraction of sp³-hybridized carbons (Fsp3) is 0.167. The number of hydrogen-bond acceptors (Lipinski definition) is 3. The van der Waals surface area contributed by atoms with E-state index in [1.54, 1.807) is 6.07 Å². The maximum Gasteiger partial charge on any atom is 0.165 e. The van der Waals surface area contributed by atoms with Crippen molar-refractivity contribution < 1.29 is 18.7 Å². The summed E-state index contributed by atoms with van der Waals surface area (Å²) in [5.74, 6) is -0.342. The van der Waals surface area contributed by atoms with Gasteiger partial charge in [-0.3, -0.25) is 0 Å². The molecular weight excluding hydrogens is 211 g/mol. The van der Waals surface area contributed by atoms with E-state index < -0.39 is 11.9 Å². The van der Waals surface area contributed by atoms with Crippen molar-refractivity contribution >= 4 is 0 Å². The fourth-order valence-electron chi connectivity index (χ4n) is 1.47. The Kier molecular flexibility index (Phi) is 2.92. The number of hydrogen-bond donors (Lipinski definition) is 1. The van der Waals surface area contributed by atoms with Gasteiger partial charge in [-0.15, -0.1) is 0 Å². The minimum absolute atomic E-state index is 0.111. The lowest BCUT2D eigenvalue weighted by Gasteiger charge is -2.10. The highest BCUT2D eigenvalue weighted by Gasteiger charge is 2.14. The molecule has 0 aliphatic carbocycles. The number of rotatable bonds is 3. The van der Waals surface area contributed by atoms with Crippen LogP contribution in [0.2, 0.25) is 0 Å². The van der Waals surface area contributed by atoms with Gasteiger partial charge in [-0.1, -0.05) is 6.07 Å². The molecule has 2 rings (SSSR count). The van der Waals surface area contributed by atoms with E-state index in [1.165, 1.54) is 37.8 Å². The van der Waals surface area contributed by atoms with Gasteiger partial charge < -0.3 is 14.3 Å². The summed E-state index contributed by atoms with van der Waals surface area (Å²) in [4.78, 5) is 0. The molecule has 1 aromatic heterocycles. The summed E-state index contributed by atoms with van der Waals surface area (Å²) in [7, 11) is 1.38. The molecule has 1 aromatic carbocycles. The molecule has 3 nitrogen and oxygen atoms in total. The van der Waals surface area contributed by atoms with Gasteiger partial charge in [0.2, 0.25) is 0 Å². The number of aliphatic hydroxyl groups is 1. The number of ether oxygens (including phenoxy) is 1. The van der Waals surface area contributed by atoms with Gasteiger partial charge >= 0.3 is 0 Å². The molecule has 0 aliphatic heterocycles. The van der Waals surface area contributed by atoms with Crippen molar-refractivity contribution in [1.82, 2.24) is 0 Å². The minimum Gasteiger partial charge on any atom is -0.494 e. The third kappa shape index (κ3) is 1.92. The van der Waals surface area contributed by atoms with Gasteiger partial charge in [0.25, 0.3) is 0 Å². The van der Waals surface area contributed by atoms with Crippen LogP contribution in [0.15, 0.2) is 41.2 Å². The van der Waals surface area contributed by atoms with Crippen molar-refractivity contribution in [1.29, 1.82) is 0 Å². The first kappa shape index (κ1) is 10.7. The van der Waals surface area contributed by atoms with Gasteiger partial charge in [0.1, 0.15) is 6.10 Å². The Bertz CT molecular complexity index is 465. The highest BCUT2D eigenvalue weighted by Crippen LogP contribution is 2.26. The first-order valence-electron chi connectivity index (χ1n) is 4.76. The molecule has 4 heteroatoms. The first-order valence-corrected chi connectivity index (χ1v) is 4.76. The van der Waals surface area contributed by atoms with E-state index in [-0.39, 0.29) is 5.75 Å². The van der Waals surface area contributed by atoms with Gasteiger partial charge in [-0.2, -0.15) is 0 Å². The second kappa shape index (κ2) is 4.37. The van der Waals surface area contributed by atoms with Crippen LogP contribution in [0.4, 0.5) is 4.39 Å². The lowest BCUT2D eigenvalue weighted by molar-refractivity contribution is 0.218. The highest BCUT2D eigenvalue weighted by molar-refractivity contribution is 5.35. The van der Waals surface area contributed by atoms with Crippen molar-refractivity contribution in [3.8, 4) is 5.75 Å². The predicted octanol–water partition coefficient (Wildman–Crippen LogP) is 2.51. The van der Waals surface area contributed by atoms with Crippen LogP contribution in [0.5, 0.6) is 5.75 Å². The Labute approximate surface area is 92.1 Å². The summed E-state index contributed by atoms with van der Waals surface area (Å²) in [5, 5.41) is 9.95. The molecule has 0 spiro atoms. The van der Waals surface area contributed by atoms with Crippen LogP contribution >= 0.6 is 0 Å². The number of aliphatic hydroxyl groups excluding tert-OH is 1. The van der Waals surface area contributed by atoms with E-state index in [0.717, 1.165) is 0 Å². The minimum atomic E-state index is -0.840. The first-order chi connectivity index (χ1) is 7.72. The standard InChI is InChI=1S/C12H11FO3/c1-15-11-6-8(2-3-10(11)13)12(14)9-4-5-16-7-9/h2-7,12,14H,1H3. The lowest BCUT2D eigenvalue weighted by Crippen LogP contribution is -1.99. The van der Waals surface area contributed by atoms with Crippen molar-refractivity contribution in [2.75, 3.05) is 7.11 Å². The van der Waals surface area contributed by atoms with Crippen molar-refractivity contribution in [2.45, 2.75) is 6.10 Å². The van der Waals surface area contributed by atoms with Gasteiger partial charge in [-0.25, -0.2) is 4.39 Å². The Hall–Kier alpha value is -1.81. The fourth-order valence-corrected chi connectivity index (χ4v) is 1.47. The summed E-state index contributed by atoms with van der Waals surface area (Å²) in [6, 6.07) is 5.89. The molecular formula is C12H11FO3. The Morgan fingerprint density at radius 3 is 2.75 bits per heavy atom. The summed E-state index contributed by atoms with van der Waals surface area (Å²) in [6.45, 7) is 0. The van der Waals surface area contributed by atoms with E-state index in [2.05, 4.69) is 0 Å². The zero-order valence-electron chi connectivity index (χ0n) is 8.68. The van der Waals surface area contributed by atoms with E-state index in [4.69, 9.17) is 9.15 Å². The molecule has 0 bridgehead atoms. The third-order valence-electron chi connectivity index (χ3n) is 2.35. The van der Waals surface area contributed by atoms with Gasteiger partial charge in [-0.05, 0) is 23.8 Å². The van der Waals surface area contributed by atoms with Gasteiger partial charge in [0, 0.05) is 5.56 Å². The Morgan fingerprint density at radius 2 is 2.12 bits per heavy atom. The second-order valence-electron chi connectivity index (χ2n) is 3.35. The number of methoxy groups -OCH3 is 1. The molecule has 2 aromatic rings. The van der Waals surface area contributed by atoms with E-state index >= 15 is 0 Å². The van der Waals surface area contributed by atoms with Crippen molar-refractivity contribution in [3.63, 3.8) is 0 Å². The van der Waals surface area contributed by atoms with Crippen LogP contribution in [-0.4, -0.2) is 12.2 Å². The average molecular weight is 222 g/mol. The van der Waals surface area contributed by atoms with Crippen LogP contribution in [0.3, 0.4) is 0 Å². The summed E-state index contributed by atoms with van der Waals surface area (Å²) in [5.41, 5.74) is 1.17. The highest BCUT2D eigenvalue weighted by atomic mass is 19.1. The maximum absolute atomic E-state index is 13.2. The number of benzene rings is 1. The molecule has 1 unspecified atom stereocenters. The molecule has 0 radical (unpaired) electrons. The SMILES string of the molecule is COc1cc(C(O)c2ccoc2)ccc1F. The van der Waals surface area contributed by atoms with Crippen LogP contribution in [0.25, 0.3) is 0 Å². The largest absolute Gasteiger partial charge is 0.494 e. The Morgan fingerprint density at radius 1 is 1.31 bits per heavy atom. The van der Waals surface area contributed by atoms with E-state index in [9.17, 15) is 9.50 Å². The third-order valence-corrected chi connectivity index (χ3v) is 2.35. The average Bonchev–Trinajstić information content (AvgIpc) is 2.82. The molecule has 84 valence electrons. The van der Waals surface area contributed by atoms with E-state index in [0.29, 0.717) is 11.1 Å². The van der Waals surface area contributed by atoms with Crippen LogP contribution < -0.4 is 4.74 Å². The summed E-state index contributed by atoms with van der Waals surface area (Å²) >= 11 is 0. The smallest absolute Gasteiger partial charge is 0.165 e. The van der Waals surface area contributed by atoms with Crippen molar-refractivity contribution in [3.05, 3.63) is 53.7 Å². The lowest BCUT2D eigenvalue weighted by atomic mass is 10.0. The van der Waals surface area contributed by atoms with E-state index in [1.807, 2.05) is 0 Å². The molecule has 0 saturated carbocycles. The van der Waals surface area contributed by atoms with Crippen molar-refractivity contribution in [2.24, 2.45) is 0 Å². The molecule has 0 aliphatic rings. The normalized spacial score (nSPS) is 12.4. The van der Waals surface area contributed by atoms with Crippen LogP contribution in [0.1, 0.15) is 17.2 Å². The topological polar surface area (TPSA) is 42.6 Å². The molecule has 1 N–H and O–H groups in total. The summed E-state index contributed by atoms with van der Waals surface area (Å²) < 4.78 is 22.9. The molecule has 16 heavy (non-hydrogen) atoms. The monoisotopic (exact) mass is 222 g/mol. The maximum atomic E-state index is 13.2. The molecule has 1 heterocycles. The molecule has 0 amide bonds. The van der Waals surface area contributed by atoms with Crippen LogP contribution in [-0.2, 0) is 0 Å². The summed E-state index contributed by atoms with van der Waals surface area (Å²) in [6.07, 6.45) is 2.08. The van der Waals surface area contributed by atoms with Gasteiger partial charge in [0.05, 0.1) is 19.6 Å². The number of furan rings is 1. The van der Waals surface area contributed by atoms with Crippen LogP contribution in [0, 0.1) is 5.82 Å². The molecule has 1 atom stereocenters. The number of halogens is 1. The predicted molar refractivity (Wildman–Crippen MR) is 55.7 cm³/mol. The molecule has 0 fully saturated rings. The zero-order chi connectivity index (χ0) is 11.5. The Balaban J connectivity index is 2.34. The van der Waals surface area contributed by atoms with Gasteiger partial charge in [0.15, 0.2) is 11.6 Å². The molecule has 0 saturated heterocycles. The second-order valence-corrected chi connectivity index (χ2v) is 3.35. The zero-order valence-corrected chi connectivity index (χ0v) is 8.68. The quantitative estimate of drug-likeness (QED) is 0.867.